The molecule has 0 radical (unpaired) electrons. The molecule has 2 aromatic carbocycles. The van der Waals surface area contributed by atoms with Gasteiger partial charge in [-0.05, 0) is 49.2 Å². The third kappa shape index (κ3) is 6.72. The number of aryl methyl sites for hydroxylation is 1. The topological polar surface area (TPSA) is 66.5 Å². The number of benzene rings is 2. The maximum atomic E-state index is 12.5. The van der Waals surface area contributed by atoms with Crippen LogP contribution in [-0.4, -0.2) is 38.9 Å². The number of rotatable bonds is 9. The maximum Gasteiger partial charge on any atom is 0.243 e. The zero-order valence-corrected chi connectivity index (χ0v) is 18.6. The van der Waals surface area contributed by atoms with Gasteiger partial charge in [0.1, 0.15) is 6.04 Å². The van der Waals surface area contributed by atoms with E-state index in [0.717, 1.165) is 27.4 Å². The van der Waals surface area contributed by atoms with E-state index in [1.807, 2.05) is 37.3 Å². The summed E-state index contributed by atoms with van der Waals surface area (Å²) in [6.45, 7) is 3.93. The van der Waals surface area contributed by atoms with E-state index in [-0.39, 0.29) is 5.91 Å². The van der Waals surface area contributed by atoms with Crippen LogP contribution in [-0.2, 0) is 20.6 Å². The van der Waals surface area contributed by atoms with Crippen molar-refractivity contribution in [2.45, 2.75) is 25.6 Å². The largest absolute Gasteiger partial charge is 0.353 e. The lowest BCUT2D eigenvalue weighted by molar-refractivity contribution is -0.121. The summed E-state index contributed by atoms with van der Waals surface area (Å²) < 4.78 is 25.7. The smallest absolute Gasteiger partial charge is 0.243 e. The van der Waals surface area contributed by atoms with Gasteiger partial charge in [0.25, 0.3) is 0 Å². The van der Waals surface area contributed by atoms with Crippen molar-refractivity contribution in [3.8, 4) is 0 Å². The second-order valence-corrected chi connectivity index (χ2v) is 9.95. The van der Waals surface area contributed by atoms with Crippen LogP contribution in [0.15, 0.2) is 48.5 Å². The second kappa shape index (κ2) is 10.2. The van der Waals surface area contributed by atoms with E-state index >= 15 is 0 Å². The normalized spacial score (nSPS) is 12.4. The second-order valence-electron chi connectivity index (χ2n) is 6.55. The third-order valence-corrected chi connectivity index (χ3v) is 6.56. The zero-order chi connectivity index (χ0) is 20.7. The van der Waals surface area contributed by atoms with Gasteiger partial charge in [0, 0.05) is 23.1 Å². The number of halogens is 1. The molecular formula is C20H25ClN2O3S2. The molecule has 2 rings (SSSR count). The number of anilines is 1. The van der Waals surface area contributed by atoms with Gasteiger partial charge < -0.3 is 5.32 Å². The van der Waals surface area contributed by atoms with Crippen LogP contribution in [0.5, 0.6) is 0 Å². The van der Waals surface area contributed by atoms with Crippen molar-refractivity contribution in [1.29, 1.82) is 0 Å². The van der Waals surface area contributed by atoms with Gasteiger partial charge in [-0.25, -0.2) is 8.42 Å². The minimum absolute atomic E-state index is 0.324. The van der Waals surface area contributed by atoms with Gasteiger partial charge in [-0.3, -0.25) is 9.10 Å². The quantitative estimate of drug-likeness (QED) is 0.601. The molecule has 28 heavy (non-hydrogen) atoms. The van der Waals surface area contributed by atoms with E-state index in [4.69, 9.17) is 11.6 Å². The summed E-state index contributed by atoms with van der Waals surface area (Å²) in [7, 11) is -3.60. The van der Waals surface area contributed by atoms with Gasteiger partial charge in [-0.15, -0.1) is 0 Å². The molecule has 5 nitrogen and oxygen atoms in total. The predicted molar refractivity (Wildman–Crippen MR) is 119 cm³/mol. The molecule has 152 valence electrons. The average Bonchev–Trinajstić information content (AvgIpc) is 2.60. The van der Waals surface area contributed by atoms with Gasteiger partial charge in [0.15, 0.2) is 0 Å². The third-order valence-electron chi connectivity index (χ3n) is 4.05. The lowest BCUT2D eigenvalue weighted by Crippen LogP contribution is -2.48. The number of hydrogen-bond acceptors (Lipinski definition) is 4. The summed E-state index contributed by atoms with van der Waals surface area (Å²) >= 11 is 7.64. The van der Waals surface area contributed by atoms with E-state index in [0.29, 0.717) is 23.0 Å². The van der Waals surface area contributed by atoms with Crippen LogP contribution in [0.25, 0.3) is 0 Å². The van der Waals surface area contributed by atoms with Crippen molar-refractivity contribution in [1.82, 2.24) is 5.32 Å². The van der Waals surface area contributed by atoms with Crippen LogP contribution in [0, 0.1) is 6.92 Å². The minimum atomic E-state index is -3.60. The number of amides is 1. The Morgan fingerprint density at radius 1 is 1.21 bits per heavy atom. The first-order valence-corrected chi connectivity index (χ1v) is 12.2. The Hall–Kier alpha value is -1.70. The minimum Gasteiger partial charge on any atom is -0.353 e. The van der Waals surface area contributed by atoms with Crippen LogP contribution in [0.3, 0.4) is 0 Å². The number of sulfonamides is 1. The molecule has 0 aliphatic heterocycles. The number of hydrogen-bond donors (Lipinski definition) is 1. The van der Waals surface area contributed by atoms with Crippen LogP contribution >= 0.6 is 23.4 Å². The zero-order valence-electron chi connectivity index (χ0n) is 16.2. The molecule has 0 spiro atoms. The molecule has 0 heterocycles. The summed E-state index contributed by atoms with van der Waals surface area (Å²) in [6, 6.07) is 13.9. The van der Waals surface area contributed by atoms with Crippen molar-refractivity contribution in [2.75, 3.05) is 22.9 Å². The molecule has 0 aliphatic carbocycles. The van der Waals surface area contributed by atoms with Crippen molar-refractivity contribution in [3.05, 3.63) is 64.7 Å². The number of carbonyl (C=O) groups is 1. The van der Waals surface area contributed by atoms with Gasteiger partial charge in [0.05, 0.1) is 11.9 Å². The maximum absolute atomic E-state index is 12.5. The molecule has 0 bridgehead atoms. The number of nitrogens with one attached hydrogen (secondary N) is 1. The summed E-state index contributed by atoms with van der Waals surface area (Å²) in [6.07, 6.45) is 1.11. The highest BCUT2D eigenvalue weighted by atomic mass is 35.5. The molecule has 0 unspecified atom stereocenters. The van der Waals surface area contributed by atoms with Crippen LogP contribution < -0.4 is 9.62 Å². The van der Waals surface area contributed by atoms with Crippen molar-refractivity contribution >= 4 is 45.0 Å². The molecule has 1 N–H and O–H groups in total. The molecule has 0 fully saturated rings. The Morgan fingerprint density at radius 2 is 1.93 bits per heavy atom. The van der Waals surface area contributed by atoms with E-state index < -0.39 is 16.1 Å². The number of thioether (sulfide) groups is 1. The first kappa shape index (κ1) is 22.6. The van der Waals surface area contributed by atoms with Crippen LogP contribution in [0.2, 0.25) is 5.02 Å². The van der Waals surface area contributed by atoms with E-state index in [1.165, 1.54) is 0 Å². The Morgan fingerprint density at radius 3 is 2.57 bits per heavy atom. The van der Waals surface area contributed by atoms with Gasteiger partial charge >= 0.3 is 0 Å². The standard InChI is InChI=1S/C20H25ClN2O3S2/c1-15-6-4-9-19(12-15)23(28(3,25)26)16(2)20(24)22-10-11-27-14-17-7-5-8-18(21)13-17/h4-9,12-13,16H,10-11,14H2,1-3H3,(H,22,24)/t16-/m0/s1. The summed E-state index contributed by atoms with van der Waals surface area (Å²) in [5.41, 5.74) is 2.54. The van der Waals surface area contributed by atoms with Crippen molar-refractivity contribution in [3.63, 3.8) is 0 Å². The van der Waals surface area contributed by atoms with Gasteiger partial charge in [-0.1, -0.05) is 35.9 Å². The van der Waals surface area contributed by atoms with Crippen molar-refractivity contribution < 1.29 is 13.2 Å². The summed E-state index contributed by atoms with van der Waals surface area (Å²) in [5.74, 6) is 1.19. The van der Waals surface area contributed by atoms with E-state index in [2.05, 4.69) is 5.32 Å². The first-order chi connectivity index (χ1) is 13.2. The monoisotopic (exact) mass is 440 g/mol. The average molecular weight is 441 g/mol. The number of nitrogens with zero attached hydrogens (tertiary/aromatic N) is 1. The Labute approximate surface area is 176 Å². The first-order valence-electron chi connectivity index (χ1n) is 8.84. The number of carbonyl (C=O) groups excluding carboxylic acids is 1. The predicted octanol–water partition coefficient (Wildman–Crippen LogP) is 3.85. The van der Waals surface area contributed by atoms with Gasteiger partial charge in [0.2, 0.25) is 15.9 Å². The van der Waals surface area contributed by atoms with E-state index in [9.17, 15) is 13.2 Å². The fourth-order valence-corrected chi connectivity index (χ4v) is 4.97. The van der Waals surface area contributed by atoms with Crippen LogP contribution in [0.4, 0.5) is 5.69 Å². The van der Waals surface area contributed by atoms with Crippen LogP contribution in [0.1, 0.15) is 18.1 Å². The lowest BCUT2D eigenvalue weighted by atomic mass is 10.2. The Bertz CT molecular complexity index is 919. The fraction of sp³-hybridized carbons (Fsp3) is 0.350. The summed E-state index contributed by atoms with van der Waals surface area (Å²) in [5, 5.41) is 3.53. The lowest BCUT2D eigenvalue weighted by Gasteiger charge is -2.28. The highest BCUT2D eigenvalue weighted by molar-refractivity contribution is 7.98. The highest BCUT2D eigenvalue weighted by Crippen LogP contribution is 2.22. The molecule has 8 heteroatoms. The molecule has 0 saturated heterocycles. The molecule has 0 aromatic heterocycles. The van der Waals surface area contributed by atoms with E-state index in [1.54, 1.807) is 36.9 Å². The van der Waals surface area contributed by atoms with Crippen molar-refractivity contribution in [2.24, 2.45) is 0 Å². The molecular weight excluding hydrogens is 416 g/mol. The molecule has 1 atom stereocenters. The SMILES string of the molecule is Cc1cccc(N([C@@H](C)C(=O)NCCSCc2cccc(Cl)c2)S(C)(=O)=O)c1. The Kier molecular flexibility index (Phi) is 8.22. The highest BCUT2D eigenvalue weighted by Gasteiger charge is 2.28. The fourth-order valence-electron chi connectivity index (χ4n) is 2.78. The van der Waals surface area contributed by atoms with Gasteiger partial charge in [-0.2, -0.15) is 11.8 Å². The molecule has 1 amide bonds. The summed E-state index contributed by atoms with van der Waals surface area (Å²) in [4.78, 5) is 12.5. The molecule has 0 aliphatic rings. The molecule has 2 aromatic rings. The molecule has 0 saturated carbocycles. The Balaban J connectivity index is 1.90.